The summed E-state index contributed by atoms with van der Waals surface area (Å²) in [6, 6.07) is 0. The molecule has 1 heteroatoms. The van der Waals surface area contributed by atoms with Crippen molar-refractivity contribution in [3.63, 3.8) is 0 Å². The van der Waals surface area contributed by atoms with E-state index >= 15 is 0 Å². The summed E-state index contributed by atoms with van der Waals surface area (Å²) >= 11 is 4.37. The highest BCUT2D eigenvalue weighted by atomic mass is 32.1. The van der Waals surface area contributed by atoms with Crippen molar-refractivity contribution in [2.45, 2.75) is 39.0 Å². The first-order chi connectivity index (χ1) is 4.33. The van der Waals surface area contributed by atoms with Crippen LogP contribution in [0.3, 0.4) is 0 Å². The van der Waals surface area contributed by atoms with Crippen molar-refractivity contribution in [2.24, 2.45) is 5.41 Å². The van der Waals surface area contributed by atoms with E-state index in [1.807, 2.05) is 0 Å². The zero-order chi connectivity index (χ0) is 6.74. The largest absolute Gasteiger partial charge is 0.179 e. The molecule has 1 saturated carbocycles. The monoisotopic (exact) mass is 144 g/mol. The van der Waals surface area contributed by atoms with E-state index in [-0.39, 0.29) is 0 Å². The fraction of sp³-hybridized carbons (Fsp3) is 1.00. The molecule has 1 aliphatic rings. The van der Waals surface area contributed by atoms with Crippen LogP contribution in [0.5, 0.6) is 0 Å². The second-order valence-electron chi connectivity index (χ2n) is 3.26. The molecule has 54 valence electrons. The van der Waals surface area contributed by atoms with Gasteiger partial charge in [-0.2, -0.15) is 12.6 Å². The fourth-order valence-electron chi connectivity index (χ4n) is 1.69. The summed E-state index contributed by atoms with van der Waals surface area (Å²) in [6.45, 7) is 2.27. The second kappa shape index (κ2) is 2.96. The van der Waals surface area contributed by atoms with Crippen LogP contribution in [0.15, 0.2) is 0 Å². The van der Waals surface area contributed by atoms with Crippen LogP contribution in [0, 0.1) is 5.41 Å². The Bertz CT molecular complexity index is 79.1. The van der Waals surface area contributed by atoms with Crippen LogP contribution < -0.4 is 0 Å². The van der Waals surface area contributed by atoms with E-state index < -0.39 is 0 Å². The average molecular weight is 144 g/mol. The molecule has 0 aromatic heterocycles. The third-order valence-corrected chi connectivity index (χ3v) is 3.20. The summed E-state index contributed by atoms with van der Waals surface area (Å²) in [6.07, 6.45) is 7.05. The van der Waals surface area contributed by atoms with Gasteiger partial charge in [0, 0.05) is 0 Å². The highest BCUT2D eigenvalue weighted by Gasteiger charge is 2.33. The Kier molecular flexibility index (Phi) is 2.45. The molecule has 0 saturated heterocycles. The third kappa shape index (κ3) is 1.43. The molecule has 0 heterocycles. The van der Waals surface area contributed by atoms with Crippen LogP contribution >= 0.6 is 12.6 Å². The van der Waals surface area contributed by atoms with E-state index in [0.29, 0.717) is 5.41 Å². The normalized spacial score (nSPS) is 23.3. The zero-order valence-electron chi connectivity index (χ0n) is 6.19. The smallest absolute Gasteiger partial charge is 0.00412 e. The van der Waals surface area contributed by atoms with Crippen molar-refractivity contribution in [3.05, 3.63) is 0 Å². The van der Waals surface area contributed by atoms with Gasteiger partial charge in [-0.1, -0.05) is 19.8 Å². The minimum atomic E-state index is 0.678. The molecule has 9 heavy (non-hydrogen) atoms. The van der Waals surface area contributed by atoms with Gasteiger partial charge in [0.1, 0.15) is 0 Å². The van der Waals surface area contributed by atoms with E-state index in [1.165, 1.54) is 32.1 Å². The van der Waals surface area contributed by atoms with Gasteiger partial charge in [0.15, 0.2) is 0 Å². The summed E-state index contributed by atoms with van der Waals surface area (Å²) < 4.78 is 0. The van der Waals surface area contributed by atoms with Crippen molar-refractivity contribution in [2.75, 3.05) is 5.75 Å². The van der Waals surface area contributed by atoms with Crippen molar-refractivity contribution in [1.29, 1.82) is 0 Å². The average Bonchev–Trinajstić information content (AvgIpc) is 1.79. The lowest BCUT2D eigenvalue weighted by molar-refractivity contribution is 0.152. The molecule has 0 nitrogen and oxygen atoms in total. The first kappa shape index (κ1) is 7.46. The van der Waals surface area contributed by atoms with Crippen LogP contribution in [-0.2, 0) is 0 Å². The van der Waals surface area contributed by atoms with Gasteiger partial charge in [-0.25, -0.2) is 0 Å². The first-order valence-electron chi connectivity index (χ1n) is 3.94. The minimum Gasteiger partial charge on any atom is -0.179 e. The summed E-state index contributed by atoms with van der Waals surface area (Å²) in [7, 11) is 0. The Morgan fingerprint density at radius 3 is 2.22 bits per heavy atom. The summed E-state index contributed by atoms with van der Waals surface area (Å²) in [4.78, 5) is 0. The van der Waals surface area contributed by atoms with E-state index in [0.717, 1.165) is 5.75 Å². The van der Waals surface area contributed by atoms with Crippen LogP contribution in [0.25, 0.3) is 0 Å². The molecule has 0 radical (unpaired) electrons. The van der Waals surface area contributed by atoms with Crippen LogP contribution in [0.1, 0.15) is 39.0 Å². The lowest BCUT2D eigenvalue weighted by atomic mass is 9.68. The molecule has 1 rings (SSSR count). The highest BCUT2D eigenvalue weighted by Crippen LogP contribution is 2.45. The maximum absolute atomic E-state index is 4.37. The lowest BCUT2D eigenvalue weighted by Gasteiger charge is -2.40. The molecular weight excluding hydrogens is 128 g/mol. The topological polar surface area (TPSA) is 0 Å². The summed E-state index contributed by atoms with van der Waals surface area (Å²) in [5.41, 5.74) is 0.678. The summed E-state index contributed by atoms with van der Waals surface area (Å²) in [5.74, 6) is 1.11. The summed E-state index contributed by atoms with van der Waals surface area (Å²) in [5, 5.41) is 0. The number of hydrogen-bond donors (Lipinski definition) is 1. The van der Waals surface area contributed by atoms with Crippen LogP contribution in [0.2, 0.25) is 0 Å². The van der Waals surface area contributed by atoms with E-state index in [2.05, 4.69) is 19.6 Å². The second-order valence-corrected chi connectivity index (χ2v) is 3.58. The van der Waals surface area contributed by atoms with Gasteiger partial charge in [0.05, 0.1) is 0 Å². The van der Waals surface area contributed by atoms with Gasteiger partial charge in [-0.15, -0.1) is 0 Å². The number of rotatable bonds is 3. The Morgan fingerprint density at radius 2 is 2.11 bits per heavy atom. The van der Waals surface area contributed by atoms with Crippen molar-refractivity contribution >= 4 is 12.6 Å². The molecule has 0 bridgehead atoms. The molecule has 0 N–H and O–H groups in total. The van der Waals surface area contributed by atoms with Crippen molar-refractivity contribution in [3.8, 4) is 0 Å². The molecule has 0 aromatic rings. The van der Waals surface area contributed by atoms with Crippen molar-refractivity contribution in [1.82, 2.24) is 0 Å². The van der Waals surface area contributed by atoms with E-state index in [1.54, 1.807) is 0 Å². The van der Waals surface area contributed by atoms with Crippen molar-refractivity contribution < 1.29 is 0 Å². The van der Waals surface area contributed by atoms with E-state index in [4.69, 9.17) is 0 Å². The molecule has 0 unspecified atom stereocenters. The molecule has 0 aromatic carbocycles. The molecule has 0 atom stereocenters. The standard InChI is InChI=1S/C8H16S/c1-2-4-8(7-9)5-3-6-8/h9H,2-7H2,1H3. The van der Waals surface area contributed by atoms with Crippen LogP contribution in [-0.4, -0.2) is 5.75 Å². The zero-order valence-corrected chi connectivity index (χ0v) is 7.08. The molecule has 0 amide bonds. The molecule has 0 spiro atoms. The third-order valence-electron chi connectivity index (χ3n) is 2.53. The van der Waals surface area contributed by atoms with Gasteiger partial charge in [0.25, 0.3) is 0 Å². The van der Waals surface area contributed by atoms with Crippen LogP contribution in [0.4, 0.5) is 0 Å². The Hall–Kier alpha value is 0.350. The van der Waals surface area contributed by atoms with Gasteiger partial charge >= 0.3 is 0 Å². The molecule has 1 aliphatic carbocycles. The fourth-order valence-corrected chi connectivity index (χ4v) is 2.17. The first-order valence-corrected chi connectivity index (χ1v) is 4.57. The van der Waals surface area contributed by atoms with Gasteiger partial charge < -0.3 is 0 Å². The predicted octanol–water partition coefficient (Wildman–Crippen LogP) is 2.89. The predicted molar refractivity (Wildman–Crippen MR) is 45.0 cm³/mol. The van der Waals surface area contributed by atoms with Gasteiger partial charge in [0.2, 0.25) is 0 Å². The maximum Gasteiger partial charge on any atom is -0.00412 e. The van der Waals surface area contributed by atoms with Gasteiger partial charge in [-0.05, 0) is 30.4 Å². The Labute approximate surface area is 63.4 Å². The highest BCUT2D eigenvalue weighted by molar-refractivity contribution is 7.80. The minimum absolute atomic E-state index is 0.678. The maximum atomic E-state index is 4.37. The molecule has 0 aliphatic heterocycles. The van der Waals surface area contributed by atoms with Gasteiger partial charge in [-0.3, -0.25) is 0 Å². The molecule has 1 fully saturated rings. The Morgan fingerprint density at radius 1 is 1.44 bits per heavy atom. The number of hydrogen-bond acceptors (Lipinski definition) is 1. The quantitative estimate of drug-likeness (QED) is 0.578. The SMILES string of the molecule is CCCC1(CS)CCC1. The van der Waals surface area contributed by atoms with E-state index in [9.17, 15) is 0 Å². The number of thiol groups is 1. The molecular formula is C8H16S. The Balaban J connectivity index is 2.28. The lowest BCUT2D eigenvalue weighted by Crippen LogP contribution is -2.30.